The highest BCUT2D eigenvalue weighted by molar-refractivity contribution is 8.18. The van der Waals surface area contributed by atoms with Gasteiger partial charge < -0.3 is 4.74 Å². The van der Waals surface area contributed by atoms with Crippen molar-refractivity contribution in [1.82, 2.24) is 14.9 Å². The standard InChI is InChI=1S/C18H17N3O4S/c1-11-9-16(22)21(12(2)19-11)7-8-25-14-6-4-3-5-13(14)10-15-17(23)20-18(24)26-15/h3-6,9-10H,7-8H2,1-2H3,(H,20,23,24). The third kappa shape index (κ3) is 4.02. The van der Waals surface area contributed by atoms with Gasteiger partial charge in [0.1, 0.15) is 18.2 Å². The summed E-state index contributed by atoms with van der Waals surface area (Å²) in [5, 5.41) is 1.83. The predicted octanol–water partition coefficient (Wildman–Crippen LogP) is 2.26. The molecule has 1 N–H and O–H groups in total. The molecule has 1 aromatic carbocycles. The number of nitrogens with one attached hydrogen (secondary N) is 1. The van der Waals surface area contributed by atoms with Crippen LogP contribution < -0.4 is 15.6 Å². The highest BCUT2D eigenvalue weighted by atomic mass is 32.2. The summed E-state index contributed by atoms with van der Waals surface area (Å²) in [6.45, 7) is 4.18. The van der Waals surface area contributed by atoms with Crippen LogP contribution >= 0.6 is 11.8 Å². The van der Waals surface area contributed by atoms with Crippen molar-refractivity contribution in [2.45, 2.75) is 20.4 Å². The number of ether oxygens (including phenoxy) is 1. The minimum atomic E-state index is -0.414. The third-order valence-corrected chi connectivity index (χ3v) is 4.56. The van der Waals surface area contributed by atoms with Gasteiger partial charge in [0, 0.05) is 17.3 Å². The molecule has 0 radical (unpaired) electrons. The minimum Gasteiger partial charge on any atom is -0.491 e. The summed E-state index contributed by atoms with van der Waals surface area (Å²) in [5.74, 6) is 0.785. The fourth-order valence-corrected chi connectivity index (χ4v) is 3.25. The van der Waals surface area contributed by atoms with Crippen LogP contribution in [-0.2, 0) is 11.3 Å². The smallest absolute Gasteiger partial charge is 0.290 e. The van der Waals surface area contributed by atoms with Gasteiger partial charge in [0.15, 0.2) is 0 Å². The first kappa shape index (κ1) is 17.9. The van der Waals surface area contributed by atoms with E-state index >= 15 is 0 Å². The van der Waals surface area contributed by atoms with E-state index in [1.807, 2.05) is 12.1 Å². The van der Waals surface area contributed by atoms with Crippen LogP contribution in [0.15, 0.2) is 40.0 Å². The van der Waals surface area contributed by atoms with Gasteiger partial charge in [0.2, 0.25) is 0 Å². The molecule has 0 bridgehead atoms. The van der Waals surface area contributed by atoms with Crippen molar-refractivity contribution >= 4 is 29.0 Å². The second kappa shape index (κ2) is 7.57. The Bertz CT molecular complexity index is 965. The summed E-state index contributed by atoms with van der Waals surface area (Å²) in [7, 11) is 0. The van der Waals surface area contributed by atoms with Crippen molar-refractivity contribution in [3.05, 3.63) is 62.7 Å². The molecule has 2 aromatic rings. The number of nitrogens with zero attached hydrogens (tertiary/aromatic N) is 2. The number of para-hydroxylation sites is 1. The second-order valence-corrected chi connectivity index (χ2v) is 6.69. The maximum absolute atomic E-state index is 12.0. The van der Waals surface area contributed by atoms with E-state index in [9.17, 15) is 14.4 Å². The van der Waals surface area contributed by atoms with E-state index < -0.39 is 5.91 Å². The van der Waals surface area contributed by atoms with Crippen molar-refractivity contribution in [2.24, 2.45) is 0 Å². The summed E-state index contributed by atoms with van der Waals surface area (Å²) < 4.78 is 7.34. The van der Waals surface area contributed by atoms with Gasteiger partial charge in [-0.2, -0.15) is 0 Å². The first-order chi connectivity index (χ1) is 12.4. The Morgan fingerprint density at radius 3 is 2.69 bits per heavy atom. The van der Waals surface area contributed by atoms with Crippen molar-refractivity contribution in [2.75, 3.05) is 6.61 Å². The molecule has 8 heteroatoms. The largest absolute Gasteiger partial charge is 0.491 e. The summed E-state index contributed by atoms with van der Waals surface area (Å²) in [6, 6.07) is 8.68. The van der Waals surface area contributed by atoms with E-state index in [-0.39, 0.29) is 17.4 Å². The normalized spacial score (nSPS) is 15.4. The Morgan fingerprint density at radius 2 is 2.00 bits per heavy atom. The predicted molar refractivity (Wildman–Crippen MR) is 99.0 cm³/mol. The number of benzene rings is 1. The first-order valence-electron chi connectivity index (χ1n) is 7.96. The minimum absolute atomic E-state index is 0.119. The Morgan fingerprint density at radius 1 is 1.23 bits per heavy atom. The monoisotopic (exact) mass is 371 g/mol. The molecule has 3 rings (SSSR count). The maximum atomic E-state index is 12.0. The van der Waals surface area contributed by atoms with Crippen LogP contribution in [-0.4, -0.2) is 27.3 Å². The van der Waals surface area contributed by atoms with E-state index in [1.165, 1.54) is 6.07 Å². The van der Waals surface area contributed by atoms with Crippen LogP contribution in [0.5, 0.6) is 5.75 Å². The molecule has 0 atom stereocenters. The van der Waals surface area contributed by atoms with Crippen LogP contribution in [0.1, 0.15) is 17.1 Å². The van der Waals surface area contributed by atoms with Gasteiger partial charge >= 0.3 is 0 Å². The molecule has 2 heterocycles. The van der Waals surface area contributed by atoms with E-state index in [0.717, 1.165) is 11.8 Å². The Balaban J connectivity index is 1.74. The summed E-state index contributed by atoms with van der Waals surface area (Å²) in [4.78, 5) is 39.6. The molecule has 0 saturated carbocycles. The average molecular weight is 371 g/mol. The lowest BCUT2D eigenvalue weighted by Crippen LogP contribution is -2.26. The summed E-state index contributed by atoms with van der Waals surface area (Å²) in [6.07, 6.45) is 1.62. The summed E-state index contributed by atoms with van der Waals surface area (Å²) >= 11 is 0.855. The van der Waals surface area contributed by atoms with E-state index in [4.69, 9.17) is 4.74 Å². The SMILES string of the molecule is Cc1cc(=O)n(CCOc2ccccc2C=C2SC(=O)NC2=O)c(C)n1. The number of hydrogen-bond acceptors (Lipinski definition) is 6. The average Bonchev–Trinajstić information content (AvgIpc) is 2.88. The number of rotatable bonds is 5. The van der Waals surface area contributed by atoms with Gasteiger partial charge in [-0.15, -0.1) is 0 Å². The number of amides is 2. The zero-order chi connectivity index (χ0) is 18.7. The van der Waals surface area contributed by atoms with E-state index in [1.54, 1.807) is 36.6 Å². The summed E-state index contributed by atoms with van der Waals surface area (Å²) in [5.41, 5.74) is 1.25. The number of aromatic nitrogens is 2. The van der Waals surface area contributed by atoms with Crippen LogP contribution in [0.25, 0.3) is 6.08 Å². The van der Waals surface area contributed by atoms with Gasteiger partial charge in [0.05, 0.1) is 11.4 Å². The zero-order valence-corrected chi connectivity index (χ0v) is 15.1. The molecule has 0 aliphatic carbocycles. The van der Waals surface area contributed by atoms with Gasteiger partial charge in [-0.3, -0.25) is 24.3 Å². The van der Waals surface area contributed by atoms with Crippen LogP contribution in [0.2, 0.25) is 0 Å². The van der Waals surface area contributed by atoms with Gasteiger partial charge in [-0.25, -0.2) is 4.98 Å². The molecule has 0 spiro atoms. The van der Waals surface area contributed by atoms with Crippen LogP contribution in [0.4, 0.5) is 4.79 Å². The highest BCUT2D eigenvalue weighted by Gasteiger charge is 2.25. The highest BCUT2D eigenvalue weighted by Crippen LogP contribution is 2.29. The van der Waals surface area contributed by atoms with E-state index in [2.05, 4.69) is 10.3 Å². The van der Waals surface area contributed by atoms with Gasteiger partial charge in [0.25, 0.3) is 16.7 Å². The molecular formula is C18H17N3O4S. The Kier molecular flexibility index (Phi) is 5.22. The van der Waals surface area contributed by atoms with Gasteiger partial charge in [-0.05, 0) is 37.8 Å². The molecule has 1 aromatic heterocycles. The molecule has 7 nitrogen and oxygen atoms in total. The number of carbonyl (C=O) groups excluding carboxylic acids is 2. The molecule has 1 aliphatic heterocycles. The second-order valence-electron chi connectivity index (χ2n) is 5.67. The fraction of sp³-hybridized carbons (Fsp3) is 0.222. The first-order valence-corrected chi connectivity index (χ1v) is 8.77. The lowest BCUT2D eigenvalue weighted by atomic mass is 10.2. The molecule has 26 heavy (non-hydrogen) atoms. The molecule has 0 unspecified atom stereocenters. The topological polar surface area (TPSA) is 90.3 Å². The maximum Gasteiger partial charge on any atom is 0.290 e. The molecular weight excluding hydrogens is 354 g/mol. The molecule has 1 fully saturated rings. The molecule has 1 saturated heterocycles. The number of thioether (sulfide) groups is 1. The lowest BCUT2D eigenvalue weighted by molar-refractivity contribution is -0.115. The van der Waals surface area contributed by atoms with Gasteiger partial charge in [-0.1, -0.05) is 18.2 Å². The number of carbonyl (C=O) groups is 2. The third-order valence-electron chi connectivity index (χ3n) is 3.75. The zero-order valence-electron chi connectivity index (χ0n) is 14.3. The Hall–Kier alpha value is -2.87. The van der Waals surface area contributed by atoms with Crippen molar-refractivity contribution in [3.8, 4) is 5.75 Å². The molecule has 134 valence electrons. The van der Waals surface area contributed by atoms with Crippen molar-refractivity contribution < 1.29 is 14.3 Å². The molecule has 2 amide bonds. The quantitative estimate of drug-likeness (QED) is 0.811. The van der Waals surface area contributed by atoms with Crippen molar-refractivity contribution in [1.29, 1.82) is 0 Å². The fourth-order valence-electron chi connectivity index (χ4n) is 2.58. The van der Waals surface area contributed by atoms with Crippen molar-refractivity contribution in [3.63, 3.8) is 0 Å². The molecule has 1 aliphatic rings. The van der Waals surface area contributed by atoms with Crippen LogP contribution in [0, 0.1) is 13.8 Å². The number of hydrogen-bond donors (Lipinski definition) is 1. The number of aryl methyl sites for hydroxylation is 2. The Labute approximate surface area is 154 Å². The lowest BCUT2D eigenvalue weighted by Gasteiger charge is -2.12. The van der Waals surface area contributed by atoms with Crippen LogP contribution in [0.3, 0.4) is 0 Å². The van der Waals surface area contributed by atoms with E-state index in [0.29, 0.717) is 34.3 Å². The number of imide groups is 1.